The lowest BCUT2D eigenvalue weighted by Gasteiger charge is -2.27. The van der Waals surface area contributed by atoms with Gasteiger partial charge in [0.1, 0.15) is 40.0 Å². The SMILES string of the molecule is CC(=O)c1nn(CC(=O)N2[C@H](C(=O)Nc3nc(Br)ccc3C)C[C@@]3(C)C[C@@H]23)c2c(C(=O)O)nc(-c3cnc(C)nc3)cc12. The number of halogens is 1. The number of fused-ring (bicyclic) bond motifs is 2. The first-order chi connectivity index (χ1) is 20.4. The monoisotopic (exact) mass is 646 g/mol. The molecule has 2 fully saturated rings. The van der Waals surface area contributed by atoms with E-state index in [1.807, 2.05) is 19.9 Å². The Labute approximate surface area is 253 Å². The topological polar surface area (TPSA) is 173 Å². The van der Waals surface area contributed by atoms with Crippen LogP contribution in [0.4, 0.5) is 5.82 Å². The van der Waals surface area contributed by atoms with Gasteiger partial charge in [0.15, 0.2) is 11.5 Å². The minimum absolute atomic E-state index is 0.00478. The Balaban J connectivity index is 1.36. The molecule has 0 radical (unpaired) electrons. The summed E-state index contributed by atoms with van der Waals surface area (Å²) in [5, 5.41) is 17.6. The number of pyridine rings is 2. The number of Topliss-reactive ketones (excluding diaryl/α,β-unsaturated/α-hetero) is 1. The van der Waals surface area contributed by atoms with Gasteiger partial charge >= 0.3 is 5.97 Å². The molecule has 5 heterocycles. The van der Waals surface area contributed by atoms with E-state index in [-0.39, 0.29) is 51.9 Å². The number of aromatic carboxylic acids is 1. The number of hydrogen-bond donors (Lipinski definition) is 2. The molecular weight excluding hydrogens is 620 g/mol. The summed E-state index contributed by atoms with van der Waals surface area (Å²) in [5.41, 5.74) is 0.952. The van der Waals surface area contributed by atoms with Crippen LogP contribution in [-0.4, -0.2) is 75.4 Å². The van der Waals surface area contributed by atoms with E-state index >= 15 is 0 Å². The summed E-state index contributed by atoms with van der Waals surface area (Å²) in [4.78, 5) is 71.0. The molecule has 14 heteroatoms. The number of nitrogens with one attached hydrogen (secondary N) is 1. The van der Waals surface area contributed by atoms with E-state index in [1.165, 1.54) is 24.0 Å². The van der Waals surface area contributed by atoms with Gasteiger partial charge in [-0.05, 0) is 65.7 Å². The van der Waals surface area contributed by atoms with Crippen molar-refractivity contribution in [2.24, 2.45) is 5.41 Å². The molecule has 2 N–H and O–H groups in total. The number of rotatable bonds is 7. The van der Waals surface area contributed by atoms with Crippen molar-refractivity contribution in [3.05, 3.63) is 58.0 Å². The van der Waals surface area contributed by atoms with E-state index in [0.29, 0.717) is 28.2 Å². The minimum Gasteiger partial charge on any atom is -0.476 e. The van der Waals surface area contributed by atoms with Gasteiger partial charge < -0.3 is 15.3 Å². The second-order valence-corrected chi connectivity index (χ2v) is 12.1. The predicted octanol–water partition coefficient (Wildman–Crippen LogP) is 3.58. The van der Waals surface area contributed by atoms with Crippen LogP contribution in [0.3, 0.4) is 0 Å². The van der Waals surface area contributed by atoms with Crippen molar-refractivity contribution >= 4 is 56.2 Å². The fourth-order valence-corrected chi connectivity index (χ4v) is 6.11. The molecule has 13 nitrogen and oxygen atoms in total. The fourth-order valence-electron chi connectivity index (χ4n) is 5.80. The first-order valence-corrected chi connectivity index (χ1v) is 14.4. The molecule has 4 aromatic rings. The normalized spacial score (nSPS) is 20.6. The average Bonchev–Trinajstić information content (AvgIpc) is 3.31. The van der Waals surface area contributed by atoms with Gasteiger partial charge in [0.2, 0.25) is 11.8 Å². The van der Waals surface area contributed by atoms with Gasteiger partial charge in [0, 0.05) is 36.3 Å². The van der Waals surface area contributed by atoms with Crippen molar-refractivity contribution in [3.8, 4) is 11.3 Å². The number of aryl methyl sites for hydroxylation is 2. The quantitative estimate of drug-likeness (QED) is 0.223. The number of nitrogens with zero attached hydrogens (tertiary/aromatic N) is 7. The fraction of sp³-hybridized carbons (Fsp3) is 0.345. The van der Waals surface area contributed by atoms with Gasteiger partial charge in [0.25, 0.3) is 0 Å². The van der Waals surface area contributed by atoms with Crippen molar-refractivity contribution in [1.29, 1.82) is 0 Å². The third-order valence-corrected chi connectivity index (χ3v) is 8.60. The number of ketones is 1. The largest absolute Gasteiger partial charge is 0.476 e. The number of amides is 2. The number of anilines is 1. The Morgan fingerprint density at radius 2 is 1.81 bits per heavy atom. The summed E-state index contributed by atoms with van der Waals surface area (Å²) in [6.07, 6.45) is 4.25. The highest BCUT2D eigenvalue weighted by Crippen LogP contribution is 2.59. The van der Waals surface area contributed by atoms with Crippen LogP contribution in [0.15, 0.2) is 35.2 Å². The zero-order valence-electron chi connectivity index (χ0n) is 23.8. The van der Waals surface area contributed by atoms with E-state index in [9.17, 15) is 24.3 Å². The molecule has 1 saturated heterocycles. The Morgan fingerprint density at radius 1 is 1.09 bits per heavy atom. The third kappa shape index (κ3) is 5.05. The number of aromatic nitrogens is 6. The van der Waals surface area contributed by atoms with Crippen LogP contribution in [0.5, 0.6) is 0 Å². The van der Waals surface area contributed by atoms with Crippen LogP contribution < -0.4 is 5.32 Å². The van der Waals surface area contributed by atoms with Crippen molar-refractivity contribution in [1.82, 2.24) is 34.6 Å². The molecule has 2 aliphatic rings. The summed E-state index contributed by atoms with van der Waals surface area (Å²) >= 11 is 3.32. The lowest BCUT2D eigenvalue weighted by atomic mass is 10.0. The molecule has 2 amide bonds. The summed E-state index contributed by atoms with van der Waals surface area (Å²) in [5.74, 6) is -1.61. The van der Waals surface area contributed by atoms with Gasteiger partial charge in [-0.15, -0.1) is 0 Å². The average molecular weight is 647 g/mol. The van der Waals surface area contributed by atoms with Gasteiger partial charge in [-0.25, -0.2) is 24.7 Å². The molecule has 220 valence electrons. The second kappa shape index (κ2) is 10.3. The zero-order valence-corrected chi connectivity index (χ0v) is 25.3. The lowest BCUT2D eigenvalue weighted by molar-refractivity contribution is -0.138. The molecule has 0 spiro atoms. The van der Waals surface area contributed by atoms with Crippen LogP contribution >= 0.6 is 15.9 Å². The first kappa shape index (κ1) is 28.5. The summed E-state index contributed by atoms with van der Waals surface area (Å²) in [6.45, 7) is 6.51. The number of likely N-dealkylation sites (tertiary alicyclic amines) is 1. The Bertz CT molecular complexity index is 1860. The molecule has 6 rings (SSSR count). The van der Waals surface area contributed by atoms with Crippen molar-refractivity contribution in [2.45, 2.75) is 59.2 Å². The molecule has 1 aliphatic carbocycles. The third-order valence-electron chi connectivity index (χ3n) is 8.15. The predicted molar refractivity (Wildman–Crippen MR) is 157 cm³/mol. The Kier molecular flexibility index (Phi) is 6.83. The highest BCUT2D eigenvalue weighted by Gasteiger charge is 2.64. The van der Waals surface area contributed by atoms with E-state index in [1.54, 1.807) is 24.0 Å². The van der Waals surface area contributed by atoms with Gasteiger partial charge in [-0.3, -0.25) is 19.1 Å². The molecule has 0 bridgehead atoms. The van der Waals surface area contributed by atoms with E-state index in [0.717, 1.165) is 12.0 Å². The summed E-state index contributed by atoms with van der Waals surface area (Å²) in [7, 11) is 0. The van der Waals surface area contributed by atoms with Gasteiger partial charge in [0.05, 0.1) is 5.69 Å². The molecule has 3 atom stereocenters. The molecule has 0 aromatic carbocycles. The number of carboxylic acid groups (broad SMARTS) is 1. The second-order valence-electron chi connectivity index (χ2n) is 11.3. The van der Waals surface area contributed by atoms with Crippen molar-refractivity contribution < 1.29 is 24.3 Å². The molecule has 4 aromatic heterocycles. The molecule has 43 heavy (non-hydrogen) atoms. The Hall–Kier alpha value is -4.59. The van der Waals surface area contributed by atoms with Crippen LogP contribution in [0.25, 0.3) is 22.2 Å². The van der Waals surface area contributed by atoms with Crippen molar-refractivity contribution in [3.63, 3.8) is 0 Å². The zero-order chi connectivity index (χ0) is 30.8. The smallest absolute Gasteiger partial charge is 0.356 e. The van der Waals surface area contributed by atoms with Gasteiger partial charge in [-0.1, -0.05) is 13.0 Å². The first-order valence-electron chi connectivity index (χ1n) is 13.6. The van der Waals surface area contributed by atoms with Crippen LogP contribution in [0.2, 0.25) is 0 Å². The number of carbonyl (C=O) groups is 4. The summed E-state index contributed by atoms with van der Waals surface area (Å²) in [6, 6.07) is 4.25. The van der Waals surface area contributed by atoms with Gasteiger partial charge in [-0.2, -0.15) is 5.10 Å². The van der Waals surface area contributed by atoms with Crippen molar-refractivity contribution in [2.75, 3.05) is 5.32 Å². The maximum Gasteiger partial charge on any atom is 0.356 e. The van der Waals surface area contributed by atoms with E-state index < -0.39 is 23.7 Å². The summed E-state index contributed by atoms with van der Waals surface area (Å²) < 4.78 is 1.77. The number of carbonyl (C=O) groups excluding carboxylic acids is 3. The number of hydrogen-bond acceptors (Lipinski definition) is 9. The van der Waals surface area contributed by atoms with Crippen LogP contribution in [0.1, 0.15) is 59.1 Å². The molecule has 0 unspecified atom stereocenters. The number of piperidine rings is 1. The lowest BCUT2D eigenvalue weighted by Crippen LogP contribution is -2.47. The van der Waals surface area contributed by atoms with Crippen LogP contribution in [0, 0.1) is 19.3 Å². The van der Waals surface area contributed by atoms with Crippen LogP contribution in [-0.2, 0) is 16.1 Å². The minimum atomic E-state index is -1.35. The Morgan fingerprint density at radius 3 is 2.49 bits per heavy atom. The standard InChI is InChI=1S/C29H27BrN8O5/c1-13-5-6-21(30)34-26(13)35-27(41)19-8-29(4)9-20(29)38(19)22(40)12-37-25-17(23(36-37)14(2)39)7-18(33-24(25)28(42)43)16-10-31-15(3)32-11-16/h5-7,10-11,19-20H,8-9,12H2,1-4H3,(H,42,43)(H,34,35,41)/t19-,20+,29-/m0/s1. The maximum atomic E-state index is 13.9. The molecule has 1 saturated carbocycles. The molecule has 1 aliphatic heterocycles. The van der Waals surface area contributed by atoms with E-state index in [2.05, 4.69) is 46.3 Å². The highest BCUT2D eigenvalue weighted by molar-refractivity contribution is 9.10. The maximum absolute atomic E-state index is 13.9. The highest BCUT2D eigenvalue weighted by atomic mass is 79.9. The number of carboxylic acids is 1. The molecular formula is C29H27BrN8O5. The van der Waals surface area contributed by atoms with E-state index in [4.69, 9.17) is 0 Å².